The molecule has 0 fully saturated rings. The molecule has 0 heterocycles. The maximum Gasteiger partial charge on any atom is 0.364 e. The van der Waals surface area contributed by atoms with E-state index in [0.29, 0.717) is 6.42 Å². The predicted octanol–water partition coefficient (Wildman–Crippen LogP) is 0.752. The molecule has 86 valence electrons. The minimum Gasteiger partial charge on any atom is -0.481 e. The van der Waals surface area contributed by atoms with Gasteiger partial charge in [0.1, 0.15) is 0 Å². The number of rotatable bonds is 4. The molecule has 0 radical (unpaired) electrons. The summed E-state index contributed by atoms with van der Waals surface area (Å²) in [6.45, 7) is 4.84. The Morgan fingerprint density at radius 3 is 1.79 bits per heavy atom. The SMILES string of the molecule is CC(=O)O.CCC(O)[Si](C)(OC)OC. The number of carbonyl (C=O) groups is 1. The fourth-order valence-corrected chi connectivity index (χ4v) is 2.18. The predicted molar refractivity (Wildman–Crippen MR) is 55.2 cm³/mol. The Labute approximate surface area is 85.9 Å². The van der Waals surface area contributed by atoms with E-state index >= 15 is 0 Å². The third-order valence-corrected chi connectivity index (χ3v) is 5.04. The fraction of sp³-hybridized carbons (Fsp3) is 0.875. The topological polar surface area (TPSA) is 76.0 Å². The van der Waals surface area contributed by atoms with Gasteiger partial charge >= 0.3 is 8.56 Å². The highest BCUT2D eigenvalue weighted by Gasteiger charge is 2.36. The maximum atomic E-state index is 9.39. The number of aliphatic hydroxyl groups is 1. The number of aliphatic hydroxyl groups excluding tert-OH is 1. The van der Waals surface area contributed by atoms with Crippen LogP contribution in [-0.2, 0) is 13.6 Å². The molecule has 0 aliphatic rings. The minimum atomic E-state index is -2.25. The molecule has 2 N–H and O–H groups in total. The van der Waals surface area contributed by atoms with Crippen molar-refractivity contribution in [1.82, 2.24) is 0 Å². The zero-order valence-corrected chi connectivity index (χ0v) is 10.4. The molecule has 0 rings (SSSR count). The van der Waals surface area contributed by atoms with E-state index < -0.39 is 20.3 Å². The molecular formula is C8H20O5Si. The quantitative estimate of drug-likeness (QED) is 0.689. The van der Waals surface area contributed by atoms with E-state index in [4.69, 9.17) is 18.8 Å². The van der Waals surface area contributed by atoms with Crippen LogP contribution in [0.4, 0.5) is 0 Å². The summed E-state index contributed by atoms with van der Waals surface area (Å²) in [5, 5.41) is 16.8. The van der Waals surface area contributed by atoms with Gasteiger partial charge in [-0.25, -0.2) is 0 Å². The first-order chi connectivity index (χ1) is 6.33. The van der Waals surface area contributed by atoms with Crippen LogP contribution in [-0.4, -0.2) is 44.7 Å². The molecule has 1 atom stereocenters. The Kier molecular flexibility index (Phi) is 9.06. The molecule has 0 aliphatic heterocycles. The molecule has 0 saturated heterocycles. The number of aliphatic carboxylic acids is 1. The van der Waals surface area contributed by atoms with Gasteiger partial charge in [-0.3, -0.25) is 4.79 Å². The first-order valence-electron chi connectivity index (χ1n) is 4.31. The second kappa shape index (κ2) is 7.92. The van der Waals surface area contributed by atoms with Crippen LogP contribution in [0.5, 0.6) is 0 Å². The molecule has 1 unspecified atom stereocenters. The van der Waals surface area contributed by atoms with E-state index in [-0.39, 0.29) is 0 Å². The smallest absolute Gasteiger partial charge is 0.364 e. The first kappa shape index (κ1) is 16.0. The molecule has 0 aromatic carbocycles. The standard InChI is InChI=1S/C6H16O3Si.C2H4O2/c1-5-6(7)10(4,8-2)9-3;1-2(3)4/h6-7H,5H2,1-4H3;1H3,(H,3,4). The highest BCUT2D eigenvalue weighted by Crippen LogP contribution is 2.12. The van der Waals surface area contributed by atoms with Gasteiger partial charge in [0.25, 0.3) is 5.97 Å². The van der Waals surface area contributed by atoms with E-state index in [2.05, 4.69) is 0 Å². The summed E-state index contributed by atoms with van der Waals surface area (Å²) < 4.78 is 10.2. The molecule has 14 heavy (non-hydrogen) atoms. The summed E-state index contributed by atoms with van der Waals surface area (Å²) in [4.78, 5) is 9.00. The number of carboxylic acid groups (broad SMARTS) is 1. The molecule has 0 saturated carbocycles. The van der Waals surface area contributed by atoms with Gasteiger partial charge < -0.3 is 19.1 Å². The van der Waals surface area contributed by atoms with Crippen LogP contribution in [0, 0.1) is 0 Å². The van der Waals surface area contributed by atoms with Crippen molar-refractivity contribution in [1.29, 1.82) is 0 Å². The van der Waals surface area contributed by atoms with Gasteiger partial charge in [0.2, 0.25) is 0 Å². The molecule has 0 amide bonds. The normalized spacial score (nSPS) is 12.7. The Bertz CT molecular complexity index is 154. The molecule has 0 aliphatic carbocycles. The van der Waals surface area contributed by atoms with E-state index in [0.717, 1.165) is 6.92 Å². The van der Waals surface area contributed by atoms with E-state index in [1.807, 2.05) is 13.5 Å². The van der Waals surface area contributed by atoms with Gasteiger partial charge in [-0.1, -0.05) is 6.92 Å². The summed E-state index contributed by atoms with van der Waals surface area (Å²) in [6, 6.07) is 0. The zero-order valence-electron chi connectivity index (χ0n) is 9.40. The monoisotopic (exact) mass is 224 g/mol. The summed E-state index contributed by atoms with van der Waals surface area (Å²) in [5.41, 5.74) is -0.428. The van der Waals surface area contributed by atoms with Crippen molar-refractivity contribution in [3.8, 4) is 0 Å². The lowest BCUT2D eigenvalue weighted by atomic mass is 10.5. The van der Waals surface area contributed by atoms with Crippen molar-refractivity contribution >= 4 is 14.5 Å². The van der Waals surface area contributed by atoms with Crippen molar-refractivity contribution in [3.05, 3.63) is 0 Å². The van der Waals surface area contributed by atoms with Gasteiger partial charge in [-0.15, -0.1) is 0 Å². The lowest BCUT2D eigenvalue weighted by Gasteiger charge is -2.26. The molecular weight excluding hydrogens is 204 g/mol. The first-order valence-corrected chi connectivity index (χ1v) is 6.71. The zero-order chi connectivity index (χ0) is 11.8. The lowest BCUT2D eigenvalue weighted by Crippen LogP contribution is -2.48. The van der Waals surface area contributed by atoms with Crippen molar-refractivity contribution in [2.75, 3.05) is 14.2 Å². The summed E-state index contributed by atoms with van der Waals surface area (Å²) >= 11 is 0. The Morgan fingerprint density at radius 1 is 1.43 bits per heavy atom. The maximum absolute atomic E-state index is 9.39. The molecule has 0 aromatic rings. The largest absolute Gasteiger partial charge is 0.481 e. The Hall–Kier alpha value is -0.433. The van der Waals surface area contributed by atoms with Gasteiger partial charge in [0.15, 0.2) is 0 Å². The molecule has 6 heteroatoms. The minimum absolute atomic E-state index is 0.428. The van der Waals surface area contributed by atoms with Crippen LogP contribution in [0.1, 0.15) is 20.3 Å². The van der Waals surface area contributed by atoms with Crippen molar-refractivity contribution in [2.45, 2.75) is 32.5 Å². The molecule has 0 aromatic heterocycles. The third-order valence-electron chi connectivity index (χ3n) is 1.80. The Morgan fingerprint density at radius 2 is 1.71 bits per heavy atom. The van der Waals surface area contributed by atoms with E-state index in [1.54, 1.807) is 14.2 Å². The van der Waals surface area contributed by atoms with Gasteiger partial charge in [0, 0.05) is 21.1 Å². The number of carboxylic acids is 1. The summed E-state index contributed by atoms with van der Waals surface area (Å²) in [5.74, 6) is -0.833. The van der Waals surface area contributed by atoms with Crippen LogP contribution in [0.25, 0.3) is 0 Å². The second-order valence-corrected chi connectivity index (χ2v) is 6.38. The van der Waals surface area contributed by atoms with Crippen molar-refractivity contribution in [3.63, 3.8) is 0 Å². The van der Waals surface area contributed by atoms with Crippen LogP contribution in [0.2, 0.25) is 6.55 Å². The van der Waals surface area contributed by atoms with E-state index in [1.165, 1.54) is 0 Å². The van der Waals surface area contributed by atoms with E-state index in [9.17, 15) is 5.11 Å². The highest BCUT2D eigenvalue weighted by molar-refractivity contribution is 6.67. The van der Waals surface area contributed by atoms with Crippen LogP contribution in [0.3, 0.4) is 0 Å². The average molecular weight is 224 g/mol. The van der Waals surface area contributed by atoms with Crippen LogP contribution in [0.15, 0.2) is 0 Å². The average Bonchev–Trinajstić information content (AvgIpc) is 2.14. The lowest BCUT2D eigenvalue weighted by molar-refractivity contribution is -0.134. The molecule has 0 bridgehead atoms. The summed E-state index contributed by atoms with van der Waals surface area (Å²) in [6.07, 6.45) is 0.685. The fourth-order valence-electron chi connectivity index (χ4n) is 0.726. The molecule has 0 spiro atoms. The third kappa shape index (κ3) is 7.02. The van der Waals surface area contributed by atoms with Gasteiger partial charge in [-0.05, 0) is 13.0 Å². The number of hydrogen-bond acceptors (Lipinski definition) is 4. The summed E-state index contributed by atoms with van der Waals surface area (Å²) in [7, 11) is 0.911. The van der Waals surface area contributed by atoms with Crippen molar-refractivity contribution in [2.24, 2.45) is 0 Å². The van der Waals surface area contributed by atoms with Crippen LogP contribution >= 0.6 is 0 Å². The van der Waals surface area contributed by atoms with Gasteiger partial charge in [0.05, 0.1) is 5.73 Å². The van der Waals surface area contributed by atoms with Crippen molar-refractivity contribution < 1.29 is 23.9 Å². The van der Waals surface area contributed by atoms with Crippen LogP contribution < -0.4 is 0 Å². The molecule has 5 nitrogen and oxygen atoms in total. The Balaban J connectivity index is 0. The second-order valence-electron chi connectivity index (χ2n) is 2.87. The highest BCUT2D eigenvalue weighted by atomic mass is 28.4. The van der Waals surface area contributed by atoms with Gasteiger partial charge in [-0.2, -0.15) is 0 Å². The number of hydrogen-bond donors (Lipinski definition) is 2.